The van der Waals surface area contributed by atoms with Crippen LogP contribution in [0.15, 0.2) is 30.3 Å². The molecule has 0 spiro atoms. The van der Waals surface area contributed by atoms with Crippen LogP contribution in [-0.2, 0) is 10.3 Å². The zero-order chi connectivity index (χ0) is 15.9. The molecule has 4 heteroatoms. The Morgan fingerprint density at radius 3 is 2.48 bits per heavy atom. The van der Waals surface area contributed by atoms with Crippen molar-refractivity contribution in [3.63, 3.8) is 0 Å². The summed E-state index contributed by atoms with van der Waals surface area (Å²) in [6, 6.07) is 9.37. The number of nitrogens with two attached hydrogens (primary N) is 1. The fourth-order valence-electron chi connectivity index (χ4n) is 2.49. The van der Waals surface area contributed by atoms with E-state index in [9.17, 15) is 4.79 Å². The van der Waals surface area contributed by atoms with Gasteiger partial charge in [-0.3, -0.25) is 4.79 Å². The van der Waals surface area contributed by atoms with Crippen LogP contribution in [0.3, 0.4) is 0 Å². The van der Waals surface area contributed by atoms with Gasteiger partial charge in [-0.15, -0.1) is 0 Å². The summed E-state index contributed by atoms with van der Waals surface area (Å²) >= 11 is 0. The van der Waals surface area contributed by atoms with Gasteiger partial charge >= 0.3 is 0 Å². The fraction of sp³-hybridized carbons (Fsp3) is 0.588. The Hall–Kier alpha value is -1.39. The molecule has 0 aliphatic heterocycles. The predicted molar refractivity (Wildman–Crippen MR) is 85.6 cm³/mol. The predicted octanol–water partition coefficient (Wildman–Crippen LogP) is 2.02. The average molecular weight is 292 g/mol. The molecule has 2 unspecified atom stereocenters. The van der Waals surface area contributed by atoms with E-state index in [1.807, 2.05) is 30.3 Å². The number of hydrogen-bond donors (Lipinski definition) is 3. The number of amides is 1. The monoisotopic (exact) mass is 292 g/mol. The Kier molecular flexibility index (Phi) is 6.85. The smallest absolute Gasteiger partial charge is 0.244 e. The zero-order valence-corrected chi connectivity index (χ0v) is 13.3. The van der Waals surface area contributed by atoms with Crippen molar-refractivity contribution in [2.75, 3.05) is 13.2 Å². The van der Waals surface area contributed by atoms with Crippen LogP contribution in [0.2, 0.25) is 0 Å². The molecule has 0 fully saturated rings. The third-order valence-electron chi connectivity index (χ3n) is 3.74. The van der Waals surface area contributed by atoms with Gasteiger partial charge in [-0.1, -0.05) is 44.2 Å². The summed E-state index contributed by atoms with van der Waals surface area (Å²) in [6.45, 7) is 6.70. The van der Waals surface area contributed by atoms with E-state index in [1.54, 1.807) is 6.92 Å². The molecular weight excluding hydrogens is 264 g/mol. The second-order valence-electron chi connectivity index (χ2n) is 6.29. The Bertz CT molecular complexity index is 430. The topological polar surface area (TPSA) is 75.3 Å². The molecule has 1 rings (SSSR count). The van der Waals surface area contributed by atoms with Gasteiger partial charge in [-0.25, -0.2) is 0 Å². The van der Waals surface area contributed by atoms with Crippen LogP contribution in [-0.4, -0.2) is 24.2 Å². The van der Waals surface area contributed by atoms with Crippen LogP contribution in [0.4, 0.5) is 0 Å². The minimum absolute atomic E-state index is 0.145. The van der Waals surface area contributed by atoms with Gasteiger partial charge in [-0.2, -0.15) is 0 Å². The van der Waals surface area contributed by atoms with E-state index in [0.29, 0.717) is 18.9 Å². The molecule has 0 bridgehead atoms. The van der Waals surface area contributed by atoms with Gasteiger partial charge in [0.25, 0.3) is 0 Å². The maximum atomic E-state index is 12.4. The van der Waals surface area contributed by atoms with Crippen LogP contribution in [0.25, 0.3) is 0 Å². The number of aliphatic hydroxyl groups excluding tert-OH is 1. The van der Waals surface area contributed by atoms with Gasteiger partial charge in [0.2, 0.25) is 5.91 Å². The lowest BCUT2D eigenvalue weighted by atomic mass is 9.91. The highest BCUT2D eigenvalue weighted by atomic mass is 16.3. The number of carbonyl (C=O) groups excluding carboxylic acids is 1. The van der Waals surface area contributed by atoms with Crippen LogP contribution in [0.5, 0.6) is 0 Å². The van der Waals surface area contributed by atoms with Crippen LogP contribution < -0.4 is 11.1 Å². The molecule has 4 N–H and O–H groups in total. The minimum Gasteiger partial charge on any atom is -0.396 e. The molecule has 1 aromatic carbocycles. The highest BCUT2D eigenvalue weighted by molar-refractivity contribution is 5.86. The van der Waals surface area contributed by atoms with E-state index >= 15 is 0 Å². The van der Waals surface area contributed by atoms with Crippen molar-refractivity contribution in [3.05, 3.63) is 35.9 Å². The van der Waals surface area contributed by atoms with Crippen molar-refractivity contribution in [2.45, 2.75) is 39.2 Å². The number of carbonyl (C=O) groups is 1. The summed E-state index contributed by atoms with van der Waals surface area (Å²) in [5.41, 5.74) is 5.94. The van der Waals surface area contributed by atoms with Gasteiger partial charge in [0.05, 0.1) is 0 Å². The minimum atomic E-state index is -1.04. The van der Waals surface area contributed by atoms with Crippen molar-refractivity contribution >= 4 is 5.91 Å². The summed E-state index contributed by atoms with van der Waals surface area (Å²) < 4.78 is 0. The molecule has 1 aromatic rings. The summed E-state index contributed by atoms with van der Waals surface area (Å²) in [6.07, 6.45) is 1.68. The normalized spacial score (nSPS) is 15.5. The zero-order valence-electron chi connectivity index (χ0n) is 13.3. The molecule has 0 aliphatic carbocycles. The second kappa shape index (κ2) is 8.15. The first-order chi connectivity index (χ1) is 9.87. The Morgan fingerprint density at radius 1 is 1.33 bits per heavy atom. The van der Waals surface area contributed by atoms with Crippen molar-refractivity contribution in [3.8, 4) is 0 Å². The maximum Gasteiger partial charge on any atom is 0.244 e. The van der Waals surface area contributed by atoms with E-state index in [0.717, 1.165) is 12.0 Å². The number of aliphatic hydroxyl groups is 1. The SMILES string of the molecule is CC(C)CC(CCO)CNC(=O)C(C)(N)c1ccccc1. The van der Waals surface area contributed by atoms with Gasteiger partial charge in [-0.05, 0) is 37.2 Å². The quantitative estimate of drug-likeness (QED) is 0.686. The van der Waals surface area contributed by atoms with Crippen molar-refractivity contribution < 1.29 is 9.90 Å². The molecule has 0 saturated carbocycles. The van der Waals surface area contributed by atoms with E-state index < -0.39 is 5.54 Å². The van der Waals surface area contributed by atoms with E-state index in [4.69, 9.17) is 10.8 Å². The molecule has 118 valence electrons. The molecule has 1 amide bonds. The molecule has 0 aliphatic rings. The first-order valence-corrected chi connectivity index (χ1v) is 7.61. The van der Waals surface area contributed by atoms with Crippen LogP contribution in [0.1, 0.15) is 39.2 Å². The Morgan fingerprint density at radius 2 is 1.95 bits per heavy atom. The Balaban J connectivity index is 2.62. The molecule has 21 heavy (non-hydrogen) atoms. The highest BCUT2D eigenvalue weighted by Gasteiger charge is 2.30. The van der Waals surface area contributed by atoms with Gasteiger partial charge in [0.15, 0.2) is 0 Å². The lowest BCUT2D eigenvalue weighted by Crippen LogP contribution is -2.50. The third-order valence-corrected chi connectivity index (χ3v) is 3.74. The summed E-state index contributed by atoms with van der Waals surface area (Å²) in [5.74, 6) is 0.641. The summed E-state index contributed by atoms with van der Waals surface area (Å²) in [4.78, 5) is 12.4. The molecule has 2 atom stereocenters. The van der Waals surface area contributed by atoms with Crippen LogP contribution in [0, 0.1) is 11.8 Å². The number of rotatable bonds is 8. The molecule has 0 saturated heterocycles. The largest absolute Gasteiger partial charge is 0.396 e. The molecule has 0 radical (unpaired) electrons. The van der Waals surface area contributed by atoms with Crippen molar-refractivity contribution in [2.24, 2.45) is 17.6 Å². The Labute approximate surface area is 127 Å². The summed E-state index contributed by atoms with van der Waals surface area (Å²) in [7, 11) is 0. The number of nitrogens with one attached hydrogen (secondary N) is 1. The van der Waals surface area contributed by atoms with Crippen molar-refractivity contribution in [1.29, 1.82) is 0 Å². The van der Waals surface area contributed by atoms with E-state index in [1.165, 1.54) is 0 Å². The van der Waals surface area contributed by atoms with Gasteiger partial charge < -0.3 is 16.2 Å². The fourth-order valence-corrected chi connectivity index (χ4v) is 2.49. The first kappa shape index (κ1) is 17.7. The lowest BCUT2D eigenvalue weighted by Gasteiger charge is -2.26. The molecule has 0 heterocycles. The highest BCUT2D eigenvalue weighted by Crippen LogP contribution is 2.19. The first-order valence-electron chi connectivity index (χ1n) is 7.61. The molecule has 4 nitrogen and oxygen atoms in total. The van der Waals surface area contributed by atoms with Crippen LogP contribution >= 0.6 is 0 Å². The summed E-state index contributed by atoms with van der Waals surface area (Å²) in [5, 5.41) is 12.1. The van der Waals surface area contributed by atoms with Crippen molar-refractivity contribution in [1.82, 2.24) is 5.32 Å². The number of hydrogen-bond acceptors (Lipinski definition) is 3. The molecule has 0 aromatic heterocycles. The second-order valence-corrected chi connectivity index (χ2v) is 6.29. The average Bonchev–Trinajstić information content (AvgIpc) is 2.45. The van der Waals surface area contributed by atoms with E-state index in [-0.39, 0.29) is 18.4 Å². The van der Waals surface area contributed by atoms with Gasteiger partial charge in [0, 0.05) is 13.2 Å². The molecular formula is C17H28N2O2. The van der Waals surface area contributed by atoms with E-state index in [2.05, 4.69) is 19.2 Å². The van der Waals surface area contributed by atoms with Gasteiger partial charge in [0.1, 0.15) is 5.54 Å². The lowest BCUT2D eigenvalue weighted by molar-refractivity contribution is -0.126. The standard InChI is InChI=1S/C17H28N2O2/c1-13(2)11-14(9-10-20)12-19-16(21)17(3,18)15-7-5-4-6-8-15/h4-8,13-14,20H,9-12,18H2,1-3H3,(H,19,21). The number of benzene rings is 1. The maximum absolute atomic E-state index is 12.4. The third kappa shape index (κ3) is 5.48.